The van der Waals surface area contributed by atoms with E-state index in [2.05, 4.69) is 13.8 Å². The summed E-state index contributed by atoms with van der Waals surface area (Å²) in [6.07, 6.45) is 7.11. The number of benzene rings is 1. The lowest BCUT2D eigenvalue weighted by Gasteiger charge is -2.27. The molecule has 3 nitrogen and oxygen atoms in total. The van der Waals surface area contributed by atoms with Crippen molar-refractivity contribution in [1.82, 2.24) is 0 Å². The molecule has 0 spiro atoms. The van der Waals surface area contributed by atoms with E-state index >= 15 is 0 Å². The average Bonchev–Trinajstić information content (AvgIpc) is 2.62. The molecule has 1 heterocycles. The van der Waals surface area contributed by atoms with E-state index in [1.165, 1.54) is 32.1 Å². The smallest absolute Gasteiger partial charge is 0.344 e. The first-order valence-electron chi connectivity index (χ1n) is 9.62. The molecule has 1 fully saturated rings. The molecule has 1 aliphatic rings. The summed E-state index contributed by atoms with van der Waals surface area (Å²) in [5.74, 6) is 0.931. The molecule has 0 aliphatic heterocycles. The third-order valence-corrected chi connectivity index (χ3v) is 6.55. The van der Waals surface area contributed by atoms with Gasteiger partial charge in [-0.3, -0.25) is 0 Å². The lowest BCUT2D eigenvalue weighted by atomic mass is 10.0. The van der Waals surface area contributed by atoms with E-state index in [0.29, 0.717) is 22.5 Å². The molecule has 0 bridgehead atoms. The molecule has 2 aromatic rings. The van der Waals surface area contributed by atoms with E-state index in [1.54, 1.807) is 6.07 Å². The van der Waals surface area contributed by atoms with Crippen molar-refractivity contribution in [2.45, 2.75) is 62.9 Å². The lowest BCUT2D eigenvalue weighted by molar-refractivity contribution is 0.432. The molecule has 1 aromatic heterocycles. The van der Waals surface area contributed by atoms with Gasteiger partial charge in [0.2, 0.25) is 0 Å². The maximum Gasteiger partial charge on any atom is 0.344 e. The summed E-state index contributed by atoms with van der Waals surface area (Å²) in [7, 11) is 0. The highest BCUT2D eigenvalue weighted by atomic mass is 32.2. The molecular formula is C22H28O3S. The van der Waals surface area contributed by atoms with Gasteiger partial charge in [0.25, 0.3) is 0 Å². The Hall–Kier alpha value is -1.68. The second-order valence-corrected chi connectivity index (χ2v) is 9.09. The first kappa shape index (κ1) is 19.1. The van der Waals surface area contributed by atoms with Gasteiger partial charge in [-0.15, -0.1) is 11.8 Å². The molecule has 0 unspecified atom stereocenters. The van der Waals surface area contributed by atoms with Crippen LogP contribution in [0.15, 0.2) is 45.6 Å². The van der Waals surface area contributed by atoms with Crippen LogP contribution in [0.5, 0.6) is 5.75 Å². The van der Waals surface area contributed by atoms with Crippen LogP contribution >= 0.6 is 11.8 Å². The Bertz CT molecular complexity index is 761. The van der Waals surface area contributed by atoms with E-state index in [-0.39, 0.29) is 11.0 Å². The van der Waals surface area contributed by atoms with E-state index in [9.17, 15) is 9.90 Å². The Morgan fingerprint density at radius 3 is 2.46 bits per heavy atom. The highest BCUT2D eigenvalue weighted by Gasteiger charge is 2.27. The average molecular weight is 373 g/mol. The second kappa shape index (κ2) is 8.81. The van der Waals surface area contributed by atoms with Crippen LogP contribution in [-0.4, -0.2) is 10.4 Å². The van der Waals surface area contributed by atoms with Crippen molar-refractivity contribution in [3.8, 4) is 17.1 Å². The number of aromatic hydroxyl groups is 1. The van der Waals surface area contributed by atoms with Gasteiger partial charge in [-0.2, -0.15) is 0 Å². The Kier molecular flexibility index (Phi) is 6.47. The third-order valence-electron chi connectivity index (χ3n) is 4.94. The Morgan fingerprint density at radius 1 is 1.15 bits per heavy atom. The second-order valence-electron chi connectivity index (χ2n) is 7.58. The predicted molar refractivity (Wildman–Crippen MR) is 109 cm³/mol. The molecule has 0 radical (unpaired) electrons. The maximum atomic E-state index is 12.8. The minimum Gasteiger partial charge on any atom is -0.507 e. The number of rotatable bonds is 6. The fourth-order valence-electron chi connectivity index (χ4n) is 3.63. The van der Waals surface area contributed by atoms with Gasteiger partial charge in [0.05, 0.1) is 5.56 Å². The van der Waals surface area contributed by atoms with Gasteiger partial charge in [0.15, 0.2) is 0 Å². The zero-order valence-electron chi connectivity index (χ0n) is 15.6. The quantitative estimate of drug-likeness (QED) is 0.659. The van der Waals surface area contributed by atoms with Crippen molar-refractivity contribution in [3.05, 3.63) is 52.4 Å². The molecule has 1 N–H and O–H groups in total. The topological polar surface area (TPSA) is 50.4 Å². The highest BCUT2D eigenvalue weighted by molar-refractivity contribution is 8.00. The van der Waals surface area contributed by atoms with Crippen molar-refractivity contribution < 1.29 is 9.52 Å². The molecule has 0 saturated heterocycles. The Morgan fingerprint density at radius 2 is 1.85 bits per heavy atom. The predicted octanol–water partition coefficient (Wildman–Crippen LogP) is 6.17. The summed E-state index contributed by atoms with van der Waals surface area (Å²) >= 11 is 1.86. The minimum atomic E-state index is -0.405. The van der Waals surface area contributed by atoms with Crippen LogP contribution in [0.3, 0.4) is 0 Å². The summed E-state index contributed by atoms with van der Waals surface area (Å²) in [5, 5.41) is 11.2. The summed E-state index contributed by atoms with van der Waals surface area (Å²) < 4.78 is 5.60. The fourth-order valence-corrected chi connectivity index (χ4v) is 5.55. The summed E-state index contributed by atoms with van der Waals surface area (Å²) in [5.41, 5.74) is 0.832. The zero-order valence-corrected chi connectivity index (χ0v) is 16.4. The number of hydrogen-bond donors (Lipinski definition) is 1. The summed E-state index contributed by atoms with van der Waals surface area (Å²) in [6.45, 7) is 4.32. The zero-order chi connectivity index (χ0) is 18.5. The SMILES string of the molecule is CC(C)C[C@@H](SC1CCCCC1)c1c(O)cc(-c2ccccc2)oc1=O. The molecule has 4 heteroatoms. The first-order valence-corrected chi connectivity index (χ1v) is 10.6. The molecule has 1 atom stereocenters. The van der Waals surface area contributed by atoms with Gasteiger partial charge in [0.1, 0.15) is 11.5 Å². The normalized spacial score (nSPS) is 16.7. The number of thioether (sulfide) groups is 1. The van der Waals surface area contributed by atoms with Crippen molar-refractivity contribution in [2.24, 2.45) is 5.92 Å². The van der Waals surface area contributed by atoms with Crippen molar-refractivity contribution in [1.29, 1.82) is 0 Å². The van der Waals surface area contributed by atoms with Gasteiger partial charge in [0, 0.05) is 22.1 Å². The van der Waals surface area contributed by atoms with Gasteiger partial charge in [-0.25, -0.2) is 4.79 Å². The molecule has 26 heavy (non-hydrogen) atoms. The van der Waals surface area contributed by atoms with Crippen LogP contribution in [0.4, 0.5) is 0 Å². The van der Waals surface area contributed by atoms with Crippen LogP contribution in [-0.2, 0) is 0 Å². The molecule has 1 aromatic carbocycles. The van der Waals surface area contributed by atoms with Crippen LogP contribution in [0.2, 0.25) is 0 Å². The molecular weight excluding hydrogens is 344 g/mol. The molecule has 0 amide bonds. The van der Waals surface area contributed by atoms with Gasteiger partial charge in [-0.1, -0.05) is 63.4 Å². The standard InChI is InChI=1S/C22H28O3S/c1-15(2)13-20(26-17-11-7-4-8-12-17)21-18(23)14-19(25-22(21)24)16-9-5-3-6-10-16/h3,5-6,9-10,14-15,17,20,23H,4,7-8,11-13H2,1-2H3/t20-/m1/s1. The van der Waals surface area contributed by atoms with Crippen molar-refractivity contribution >= 4 is 11.8 Å². The minimum absolute atomic E-state index is 0.0147. The van der Waals surface area contributed by atoms with Crippen molar-refractivity contribution in [3.63, 3.8) is 0 Å². The molecule has 3 rings (SSSR count). The van der Waals surface area contributed by atoms with Crippen molar-refractivity contribution in [2.75, 3.05) is 0 Å². The molecule has 140 valence electrons. The van der Waals surface area contributed by atoms with Gasteiger partial charge < -0.3 is 9.52 Å². The largest absolute Gasteiger partial charge is 0.507 e. The monoisotopic (exact) mass is 372 g/mol. The molecule has 1 aliphatic carbocycles. The first-order chi connectivity index (χ1) is 12.5. The van der Waals surface area contributed by atoms with E-state index < -0.39 is 5.63 Å². The Labute approximate surface area is 159 Å². The van der Waals surface area contributed by atoms with Gasteiger partial charge >= 0.3 is 5.63 Å². The summed E-state index contributed by atoms with van der Waals surface area (Å²) in [4.78, 5) is 12.8. The third kappa shape index (κ3) is 4.73. The fraction of sp³-hybridized carbons (Fsp3) is 0.500. The van der Waals surface area contributed by atoms with Crippen LogP contribution in [0.25, 0.3) is 11.3 Å². The number of hydrogen-bond acceptors (Lipinski definition) is 4. The maximum absolute atomic E-state index is 12.8. The van der Waals surface area contributed by atoms with E-state index in [1.807, 2.05) is 42.1 Å². The Balaban J connectivity index is 1.91. The van der Waals surface area contributed by atoms with E-state index in [0.717, 1.165) is 12.0 Å². The van der Waals surface area contributed by atoms with Crippen LogP contribution in [0, 0.1) is 5.92 Å². The van der Waals surface area contributed by atoms with E-state index in [4.69, 9.17) is 4.42 Å². The van der Waals surface area contributed by atoms with Gasteiger partial charge in [-0.05, 0) is 25.2 Å². The lowest BCUT2D eigenvalue weighted by Crippen LogP contribution is -2.17. The summed E-state index contributed by atoms with van der Waals surface area (Å²) in [6, 6.07) is 11.0. The van der Waals surface area contributed by atoms with Crippen LogP contribution in [0.1, 0.15) is 63.2 Å². The van der Waals surface area contributed by atoms with Crippen LogP contribution < -0.4 is 5.63 Å². The molecule has 1 saturated carbocycles. The highest BCUT2D eigenvalue weighted by Crippen LogP contribution is 2.44.